The fraction of sp³-hybridized carbons (Fsp3) is 0.286. The smallest absolute Gasteiger partial charge is 0.130 e. The Balaban J connectivity index is 1.47. The predicted octanol–water partition coefficient (Wildman–Crippen LogP) is 3.57. The van der Waals surface area contributed by atoms with Gasteiger partial charge in [0.25, 0.3) is 0 Å². The Morgan fingerprint density at radius 1 is 1.08 bits per heavy atom. The van der Waals surface area contributed by atoms with E-state index in [4.69, 9.17) is 0 Å². The van der Waals surface area contributed by atoms with Gasteiger partial charge in [-0.05, 0) is 54.8 Å². The van der Waals surface area contributed by atoms with E-state index in [0.717, 1.165) is 36.7 Å². The third-order valence-electron chi connectivity index (χ3n) is 5.03. The minimum Gasteiger partial charge on any atom is -0.373 e. The number of anilines is 1. The lowest BCUT2D eigenvalue weighted by Gasteiger charge is -2.18. The van der Waals surface area contributed by atoms with Crippen molar-refractivity contribution in [3.63, 3.8) is 0 Å². The minimum absolute atomic E-state index is 0.549. The third-order valence-corrected chi connectivity index (χ3v) is 5.03. The molecule has 4 rings (SSSR count). The molecule has 3 aromatic heterocycles. The molecule has 0 saturated carbocycles. The van der Waals surface area contributed by atoms with Gasteiger partial charge >= 0.3 is 0 Å². The topological polar surface area (TPSA) is 53.9 Å². The summed E-state index contributed by atoms with van der Waals surface area (Å²) in [6.45, 7) is 3.11. The lowest BCUT2D eigenvalue weighted by atomic mass is 9.97. The van der Waals surface area contributed by atoms with Crippen LogP contribution in [0.3, 0.4) is 0 Å². The summed E-state index contributed by atoms with van der Waals surface area (Å²) in [6.07, 6.45) is 8.56. The standard InChI is InChI=1S/C21H23N5/c1-22-21-19(3-2-8-25-21)15-26-12-7-18(14-26)17-6-11-24-20(13-17)16-4-9-23-10-5-16/h2-6,8-11,13,18H,7,12,14-15H2,1H3,(H,22,25)/t18-/m0/s1. The molecule has 1 saturated heterocycles. The van der Waals surface area contributed by atoms with Crippen LogP contribution >= 0.6 is 0 Å². The summed E-state index contributed by atoms with van der Waals surface area (Å²) in [5.41, 5.74) is 4.76. The highest BCUT2D eigenvalue weighted by Gasteiger charge is 2.24. The van der Waals surface area contributed by atoms with Gasteiger partial charge in [0.15, 0.2) is 0 Å². The first-order valence-corrected chi connectivity index (χ1v) is 9.04. The number of likely N-dealkylation sites (tertiary alicyclic amines) is 1. The normalized spacial score (nSPS) is 17.3. The van der Waals surface area contributed by atoms with Crippen LogP contribution in [0.15, 0.2) is 61.2 Å². The minimum atomic E-state index is 0.549. The van der Waals surface area contributed by atoms with Crippen molar-refractivity contribution >= 4 is 5.82 Å². The third kappa shape index (κ3) is 3.58. The van der Waals surface area contributed by atoms with Crippen LogP contribution < -0.4 is 5.32 Å². The monoisotopic (exact) mass is 345 g/mol. The number of rotatable bonds is 5. The summed E-state index contributed by atoms with van der Waals surface area (Å²) >= 11 is 0. The van der Waals surface area contributed by atoms with E-state index in [1.807, 2.05) is 50.0 Å². The predicted molar refractivity (Wildman–Crippen MR) is 104 cm³/mol. The number of hydrogen-bond acceptors (Lipinski definition) is 5. The number of hydrogen-bond donors (Lipinski definition) is 1. The molecule has 1 N–H and O–H groups in total. The van der Waals surface area contributed by atoms with Crippen LogP contribution in [0.25, 0.3) is 11.3 Å². The maximum absolute atomic E-state index is 4.53. The number of nitrogens with zero attached hydrogens (tertiary/aromatic N) is 4. The number of nitrogens with one attached hydrogen (secondary N) is 1. The van der Waals surface area contributed by atoms with Gasteiger partial charge in [0, 0.05) is 56.1 Å². The van der Waals surface area contributed by atoms with Crippen LogP contribution in [0.4, 0.5) is 5.82 Å². The summed E-state index contributed by atoms with van der Waals surface area (Å²) in [6, 6.07) is 12.6. The molecule has 26 heavy (non-hydrogen) atoms. The molecule has 0 radical (unpaired) electrons. The maximum atomic E-state index is 4.53. The summed E-state index contributed by atoms with van der Waals surface area (Å²) in [5.74, 6) is 1.52. The van der Waals surface area contributed by atoms with E-state index in [1.54, 1.807) is 0 Å². The fourth-order valence-electron chi connectivity index (χ4n) is 3.66. The largest absolute Gasteiger partial charge is 0.373 e. The van der Waals surface area contributed by atoms with Crippen LogP contribution in [0.1, 0.15) is 23.5 Å². The highest BCUT2D eigenvalue weighted by atomic mass is 15.1. The van der Waals surface area contributed by atoms with Crippen molar-refractivity contribution in [2.45, 2.75) is 18.9 Å². The molecular formula is C21H23N5. The van der Waals surface area contributed by atoms with Crippen molar-refractivity contribution < 1.29 is 0 Å². The van der Waals surface area contributed by atoms with Gasteiger partial charge < -0.3 is 5.32 Å². The van der Waals surface area contributed by atoms with Gasteiger partial charge in [-0.3, -0.25) is 14.9 Å². The first-order valence-electron chi connectivity index (χ1n) is 9.04. The molecule has 1 atom stereocenters. The Labute approximate surface area is 154 Å². The summed E-state index contributed by atoms with van der Waals surface area (Å²) in [4.78, 5) is 15.5. The second-order valence-corrected chi connectivity index (χ2v) is 6.69. The zero-order valence-electron chi connectivity index (χ0n) is 15.0. The summed E-state index contributed by atoms with van der Waals surface area (Å²) in [5, 5.41) is 3.19. The molecule has 3 aromatic rings. The van der Waals surface area contributed by atoms with Crippen molar-refractivity contribution in [2.75, 3.05) is 25.5 Å². The summed E-state index contributed by atoms with van der Waals surface area (Å²) < 4.78 is 0. The lowest BCUT2D eigenvalue weighted by Crippen LogP contribution is -2.20. The van der Waals surface area contributed by atoms with Gasteiger partial charge in [0.05, 0.1) is 5.69 Å². The molecule has 0 spiro atoms. The van der Waals surface area contributed by atoms with Crippen molar-refractivity contribution in [3.05, 3.63) is 72.3 Å². The zero-order chi connectivity index (χ0) is 17.8. The molecule has 0 aromatic carbocycles. The van der Waals surface area contributed by atoms with E-state index in [0.29, 0.717) is 5.92 Å². The summed E-state index contributed by atoms with van der Waals surface area (Å²) in [7, 11) is 1.93. The molecule has 1 aliphatic rings. The Morgan fingerprint density at radius 3 is 2.81 bits per heavy atom. The van der Waals surface area contributed by atoms with Gasteiger partial charge in [-0.2, -0.15) is 0 Å². The molecule has 5 nitrogen and oxygen atoms in total. The van der Waals surface area contributed by atoms with Gasteiger partial charge in [-0.15, -0.1) is 0 Å². The Bertz CT molecular complexity index is 865. The second-order valence-electron chi connectivity index (χ2n) is 6.69. The van der Waals surface area contributed by atoms with E-state index in [9.17, 15) is 0 Å². The number of aromatic nitrogens is 3. The Morgan fingerprint density at radius 2 is 1.96 bits per heavy atom. The van der Waals surface area contributed by atoms with Gasteiger partial charge in [-0.25, -0.2) is 4.98 Å². The van der Waals surface area contributed by atoms with Crippen molar-refractivity contribution in [1.29, 1.82) is 0 Å². The van der Waals surface area contributed by atoms with Gasteiger partial charge in [-0.1, -0.05) is 6.07 Å². The molecule has 4 heterocycles. The van der Waals surface area contributed by atoms with E-state index >= 15 is 0 Å². The fourth-order valence-corrected chi connectivity index (χ4v) is 3.66. The van der Waals surface area contributed by atoms with Crippen molar-refractivity contribution in [1.82, 2.24) is 19.9 Å². The molecule has 0 unspecified atom stereocenters. The van der Waals surface area contributed by atoms with E-state index < -0.39 is 0 Å². The van der Waals surface area contributed by atoms with Crippen LogP contribution in [-0.4, -0.2) is 40.0 Å². The van der Waals surface area contributed by atoms with E-state index in [1.165, 1.54) is 17.5 Å². The molecule has 1 fully saturated rings. The SMILES string of the molecule is CNc1ncccc1CN1CC[C@H](c2ccnc(-c3ccncc3)c2)C1. The highest BCUT2D eigenvalue weighted by molar-refractivity contribution is 5.59. The average Bonchev–Trinajstić information content (AvgIpc) is 3.18. The highest BCUT2D eigenvalue weighted by Crippen LogP contribution is 2.30. The van der Waals surface area contributed by atoms with Crippen molar-refractivity contribution in [2.24, 2.45) is 0 Å². The average molecular weight is 345 g/mol. The van der Waals surface area contributed by atoms with Crippen LogP contribution in [0, 0.1) is 0 Å². The maximum Gasteiger partial charge on any atom is 0.130 e. The molecular weight excluding hydrogens is 322 g/mol. The van der Waals surface area contributed by atoms with Gasteiger partial charge in [0.1, 0.15) is 5.82 Å². The zero-order valence-corrected chi connectivity index (χ0v) is 15.0. The van der Waals surface area contributed by atoms with E-state index in [2.05, 4.69) is 43.4 Å². The second kappa shape index (κ2) is 7.62. The van der Waals surface area contributed by atoms with E-state index in [-0.39, 0.29) is 0 Å². The van der Waals surface area contributed by atoms with Crippen LogP contribution in [0.2, 0.25) is 0 Å². The molecule has 5 heteroatoms. The molecule has 132 valence electrons. The first kappa shape index (κ1) is 16.7. The Hall–Kier alpha value is -2.79. The van der Waals surface area contributed by atoms with Crippen LogP contribution in [-0.2, 0) is 6.54 Å². The first-order chi connectivity index (χ1) is 12.8. The number of pyridine rings is 3. The lowest BCUT2D eigenvalue weighted by molar-refractivity contribution is 0.327. The van der Waals surface area contributed by atoms with Gasteiger partial charge in [0.2, 0.25) is 0 Å². The molecule has 0 amide bonds. The molecule has 0 bridgehead atoms. The van der Waals surface area contributed by atoms with Crippen LogP contribution in [0.5, 0.6) is 0 Å². The molecule has 0 aliphatic carbocycles. The quantitative estimate of drug-likeness (QED) is 0.766. The molecule has 1 aliphatic heterocycles. The Kier molecular flexibility index (Phi) is 4.88. The van der Waals surface area contributed by atoms with Crippen molar-refractivity contribution in [3.8, 4) is 11.3 Å².